The van der Waals surface area contributed by atoms with E-state index in [1.165, 1.54) is 0 Å². The monoisotopic (exact) mass is 113 g/mol. The fourth-order valence-corrected chi connectivity index (χ4v) is 0.812. The van der Waals surface area contributed by atoms with Crippen molar-refractivity contribution in [3.05, 3.63) is 11.4 Å². The molecule has 0 aromatic carbocycles. The molecule has 0 aliphatic heterocycles. The van der Waals surface area contributed by atoms with Crippen LogP contribution >= 0.6 is 0 Å². The molecule has 1 aliphatic carbocycles. The van der Waals surface area contributed by atoms with E-state index in [2.05, 4.69) is 4.85 Å². The van der Waals surface area contributed by atoms with Crippen LogP contribution in [0.25, 0.3) is 4.85 Å². The van der Waals surface area contributed by atoms with E-state index in [1.807, 2.05) is 6.92 Å². The predicted molar refractivity (Wildman–Crippen MR) is 29.1 cm³/mol. The summed E-state index contributed by atoms with van der Waals surface area (Å²) in [5.41, 5.74) is -0.583. The van der Waals surface area contributed by atoms with Crippen molar-refractivity contribution in [1.29, 1.82) is 0 Å². The molecule has 2 heteroatoms. The first-order chi connectivity index (χ1) is 3.75. The average Bonchev–Trinajstić information content (AvgIpc) is 2.43. The fourth-order valence-electron chi connectivity index (χ4n) is 0.812. The maximum absolute atomic E-state index is 12.2. The van der Waals surface area contributed by atoms with E-state index in [1.54, 1.807) is 0 Å². The van der Waals surface area contributed by atoms with Gasteiger partial charge in [0.15, 0.2) is 6.17 Å². The van der Waals surface area contributed by atoms with Crippen LogP contribution in [0.4, 0.5) is 4.39 Å². The summed E-state index contributed by atoms with van der Waals surface area (Å²) < 4.78 is 12.2. The smallest absolute Gasteiger partial charge is 0.266 e. The average molecular weight is 113 g/mol. The molecule has 0 aromatic rings. The lowest BCUT2D eigenvalue weighted by Crippen LogP contribution is -2.02. The Morgan fingerprint density at radius 1 is 2.00 bits per heavy atom. The van der Waals surface area contributed by atoms with Crippen LogP contribution in [-0.2, 0) is 0 Å². The lowest BCUT2D eigenvalue weighted by molar-refractivity contribution is 0.436. The van der Waals surface area contributed by atoms with Crippen molar-refractivity contribution in [2.24, 2.45) is 0 Å². The molecule has 0 N–H and O–H groups in total. The standard InChI is InChI=1S/C6H8FN/c1-3-6(8-2)4-5(6)7/h5H,3-4H2,1H3/t5-,6+/m0/s1. The van der Waals surface area contributed by atoms with Gasteiger partial charge in [-0.1, -0.05) is 6.92 Å². The minimum absolute atomic E-state index is 0.465. The molecule has 0 amide bonds. The van der Waals surface area contributed by atoms with Crippen molar-refractivity contribution in [2.75, 3.05) is 0 Å². The maximum Gasteiger partial charge on any atom is 0.266 e. The van der Waals surface area contributed by atoms with Crippen LogP contribution in [0.2, 0.25) is 0 Å². The highest BCUT2D eigenvalue weighted by atomic mass is 19.1. The van der Waals surface area contributed by atoms with Crippen molar-refractivity contribution >= 4 is 0 Å². The number of hydrogen-bond donors (Lipinski definition) is 0. The van der Waals surface area contributed by atoms with E-state index >= 15 is 0 Å². The van der Waals surface area contributed by atoms with Gasteiger partial charge in [-0.15, -0.1) is 0 Å². The minimum Gasteiger partial charge on any atom is -0.307 e. The molecule has 1 fully saturated rings. The van der Waals surface area contributed by atoms with E-state index < -0.39 is 11.7 Å². The Morgan fingerprint density at radius 2 is 2.50 bits per heavy atom. The SMILES string of the molecule is [C-]#[N+][C@]1(CC)C[C@@H]1F. The molecule has 0 aromatic heterocycles. The molecule has 0 unspecified atom stereocenters. The van der Waals surface area contributed by atoms with Crippen LogP contribution in [0.1, 0.15) is 19.8 Å². The summed E-state index contributed by atoms with van der Waals surface area (Å²) in [5.74, 6) is 0. The highest BCUT2D eigenvalue weighted by Crippen LogP contribution is 2.45. The second-order valence-corrected chi connectivity index (χ2v) is 2.24. The number of halogens is 1. The quantitative estimate of drug-likeness (QED) is 0.457. The van der Waals surface area contributed by atoms with Crippen molar-refractivity contribution < 1.29 is 4.39 Å². The van der Waals surface area contributed by atoms with Gasteiger partial charge in [-0.3, -0.25) is 0 Å². The molecular weight excluding hydrogens is 105 g/mol. The van der Waals surface area contributed by atoms with Crippen LogP contribution in [-0.4, -0.2) is 11.7 Å². The maximum atomic E-state index is 12.2. The van der Waals surface area contributed by atoms with Gasteiger partial charge in [0.05, 0.1) is 6.42 Å². The summed E-state index contributed by atoms with van der Waals surface area (Å²) in [6.07, 6.45) is 0.301. The Labute approximate surface area is 48.3 Å². The first kappa shape index (κ1) is 5.55. The van der Waals surface area contributed by atoms with Crippen molar-refractivity contribution in [3.8, 4) is 0 Å². The first-order valence-corrected chi connectivity index (χ1v) is 2.78. The second kappa shape index (κ2) is 1.45. The zero-order valence-electron chi connectivity index (χ0n) is 4.82. The van der Waals surface area contributed by atoms with Gasteiger partial charge in [0.2, 0.25) is 0 Å². The van der Waals surface area contributed by atoms with E-state index in [-0.39, 0.29) is 0 Å². The lowest BCUT2D eigenvalue weighted by atomic mass is 10.2. The minimum atomic E-state index is -0.829. The molecular formula is C6H8FN. The highest BCUT2D eigenvalue weighted by molar-refractivity contribution is 5.18. The molecule has 1 aliphatic rings. The lowest BCUT2D eigenvalue weighted by Gasteiger charge is -1.91. The van der Waals surface area contributed by atoms with Gasteiger partial charge in [0.1, 0.15) is 0 Å². The van der Waals surface area contributed by atoms with Gasteiger partial charge in [-0.05, 0) is 0 Å². The van der Waals surface area contributed by atoms with Crippen LogP contribution in [0.15, 0.2) is 0 Å². The molecule has 8 heavy (non-hydrogen) atoms. The van der Waals surface area contributed by atoms with Crippen molar-refractivity contribution in [1.82, 2.24) is 0 Å². The highest BCUT2D eigenvalue weighted by Gasteiger charge is 2.62. The third-order valence-corrected chi connectivity index (χ3v) is 1.79. The van der Waals surface area contributed by atoms with Crippen LogP contribution in [0.3, 0.4) is 0 Å². The molecule has 0 spiro atoms. The van der Waals surface area contributed by atoms with Gasteiger partial charge in [-0.25, -0.2) is 11.0 Å². The summed E-state index contributed by atoms with van der Waals surface area (Å²) in [7, 11) is 0. The summed E-state index contributed by atoms with van der Waals surface area (Å²) in [6.45, 7) is 8.44. The number of hydrogen-bond acceptors (Lipinski definition) is 0. The Kier molecular flexibility index (Phi) is 1.00. The van der Waals surface area contributed by atoms with Gasteiger partial charge in [-0.2, -0.15) is 0 Å². The van der Waals surface area contributed by atoms with Gasteiger partial charge in [0, 0.05) is 6.42 Å². The molecule has 1 rings (SSSR count). The van der Waals surface area contributed by atoms with Gasteiger partial charge >= 0.3 is 0 Å². The topological polar surface area (TPSA) is 4.36 Å². The van der Waals surface area contributed by atoms with E-state index in [0.717, 1.165) is 0 Å². The molecule has 0 saturated heterocycles. The first-order valence-electron chi connectivity index (χ1n) is 2.78. The number of rotatable bonds is 1. The summed E-state index contributed by atoms with van der Waals surface area (Å²) in [4.78, 5) is 3.21. The zero-order chi connectivity index (χ0) is 6.20. The van der Waals surface area contributed by atoms with Crippen LogP contribution < -0.4 is 0 Å². The summed E-state index contributed by atoms with van der Waals surface area (Å²) in [6, 6.07) is 0. The Bertz CT molecular complexity index is 134. The van der Waals surface area contributed by atoms with Gasteiger partial charge in [0.25, 0.3) is 5.54 Å². The third kappa shape index (κ3) is 0.509. The van der Waals surface area contributed by atoms with E-state index in [4.69, 9.17) is 6.57 Å². The molecule has 0 bridgehead atoms. The predicted octanol–water partition coefficient (Wildman–Crippen LogP) is 1.80. The summed E-state index contributed by atoms with van der Waals surface area (Å²) in [5, 5.41) is 0. The largest absolute Gasteiger partial charge is 0.307 e. The summed E-state index contributed by atoms with van der Waals surface area (Å²) >= 11 is 0. The molecule has 0 radical (unpaired) electrons. The molecule has 1 saturated carbocycles. The van der Waals surface area contributed by atoms with Gasteiger partial charge < -0.3 is 4.85 Å². The van der Waals surface area contributed by atoms with Crippen molar-refractivity contribution in [2.45, 2.75) is 31.5 Å². The van der Waals surface area contributed by atoms with E-state index in [9.17, 15) is 4.39 Å². The van der Waals surface area contributed by atoms with Crippen LogP contribution in [0, 0.1) is 6.57 Å². The zero-order valence-corrected chi connectivity index (χ0v) is 4.82. The third-order valence-electron chi connectivity index (χ3n) is 1.79. The Morgan fingerprint density at radius 3 is 2.50 bits per heavy atom. The normalized spacial score (nSPS) is 43.4. The second-order valence-electron chi connectivity index (χ2n) is 2.24. The number of nitrogens with zero attached hydrogens (tertiary/aromatic N) is 1. The molecule has 44 valence electrons. The fraction of sp³-hybridized carbons (Fsp3) is 0.833. The van der Waals surface area contributed by atoms with Crippen LogP contribution in [0.5, 0.6) is 0 Å². The van der Waals surface area contributed by atoms with E-state index in [0.29, 0.717) is 12.8 Å². The Hall–Kier alpha value is -0.580. The Balaban J connectivity index is 2.56. The molecule has 1 nitrogen and oxygen atoms in total. The van der Waals surface area contributed by atoms with Crippen molar-refractivity contribution in [3.63, 3.8) is 0 Å². The number of alkyl halides is 1. The molecule has 0 heterocycles. The molecule has 2 atom stereocenters.